The summed E-state index contributed by atoms with van der Waals surface area (Å²) in [4.78, 5) is 52.9. The summed E-state index contributed by atoms with van der Waals surface area (Å²) < 4.78 is 44.2. The van der Waals surface area contributed by atoms with Gasteiger partial charge in [0.25, 0.3) is 0 Å². The number of rotatable bonds is 8. The molecule has 2 saturated heterocycles. The third-order valence-electron chi connectivity index (χ3n) is 13.2. The van der Waals surface area contributed by atoms with Crippen molar-refractivity contribution in [3.8, 4) is 0 Å². The predicted octanol–water partition coefficient (Wildman–Crippen LogP) is 6.87. The van der Waals surface area contributed by atoms with Crippen LogP contribution in [0.1, 0.15) is 84.8 Å². The average molecular weight is 743 g/mol. The maximum absolute atomic E-state index is 14.1. The molecule has 288 valence electrons. The highest BCUT2D eigenvalue weighted by atomic mass is 16.7. The van der Waals surface area contributed by atoms with Crippen LogP contribution < -0.4 is 0 Å². The van der Waals surface area contributed by atoms with Crippen molar-refractivity contribution in [2.75, 3.05) is 6.61 Å². The number of hydrogen-bond donors (Lipinski definition) is 0. The highest BCUT2D eigenvalue weighted by Crippen LogP contribution is 2.73. The van der Waals surface area contributed by atoms with Gasteiger partial charge >= 0.3 is 23.9 Å². The van der Waals surface area contributed by atoms with Gasteiger partial charge in [-0.15, -0.1) is 0 Å². The summed E-state index contributed by atoms with van der Waals surface area (Å²) in [5, 5.41) is 0. The lowest BCUT2D eigenvalue weighted by Crippen LogP contribution is -2.72. The van der Waals surface area contributed by atoms with E-state index in [2.05, 4.69) is 27.4 Å². The largest absolute Gasteiger partial charge is 0.472 e. The molecular weight excluding hydrogens is 692 g/mol. The molecule has 5 aliphatic rings. The first-order valence-corrected chi connectivity index (χ1v) is 18.7. The molecule has 2 saturated carbocycles. The molecule has 1 aromatic heterocycles. The zero-order valence-corrected chi connectivity index (χ0v) is 32.0. The molecule has 1 aromatic carbocycles. The van der Waals surface area contributed by atoms with E-state index in [1.54, 1.807) is 25.5 Å². The molecule has 2 aromatic rings. The maximum Gasteiger partial charge on any atom is 0.333 e. The van der Waals surface area contributed by atoms with Crippen LogP contribution in [0.25, 0.3) is 6.08 Å². The molecule has 2 aliphatic heterocycles. The van der Waals surface area contributed by atoms with E-state index in [1.165, 1.54) is 19.9 Å². The van der Waals surface area contributed by atoms with Crippen molar-refractivity contribution in [3.05, 3.63) is 89.4 Å². The normalized spacial score (nSPS) is 38.1. The number of allylic oxidation sites excluding steroid dienone is 1. The Hall–Kier alpha value is -4.48. The molecule has 3 heterocycles. The molecule has 0 radical (unpaired) electrons. The number of furan rings is 1. The topological polar surface area (TPSA) is 137 Å². The first kappa shape index (κ1) is 37.8. The van der Waals surface area contributed by atoms with Crippen LogP contribution in [0.2, 0.25) is 0 Å². The Balaban J connectivity index is 1.45. The van der Waals surface area contributed by atoms with E-state index in [9.17, 15) is 19.2 Å². The smallest absolute Gasteiger partial charge is 0.333 e. The van der Waals surface area contributed by atoms with Gasteiger partial charge in [-0.2, -0.15) is 0 Å². The zero-order valence-electron chi connectivity index (χ0n) is 32.0. The Morgan fingerprint density at radius 3 is 2.26 bits per heavy atom. The standard InChI is InChI=1S/C43H50O11/c1-23(2)40(47)53-33-20-32(50-25(4)44)41(6)22-49-37-38(41)42(33,7)31-19-35(51-26(5)45)52-30-18-29(28-16-17-48-21-28)24(3)36(30)43(31,8)39(37)54-34(46)15-14-27-12-10-9-11-13-27/h9-17,21,29-33,35,37-39H,1,18-20,22H2,2-8H3/b15-14+/t29-,30-,31+,32+,33-,35?,37+,38-,39+,41+,42-,43+/m0/s1. The van der Waals surface area contributed by atoms with E-state index in [1.807, 2.05) is 43.3 Å². The highest BCUT2D eigenvalue weighted by molar-refractivity contribution is 5.88. The minimum atomic E-state index is -0.998. The first-order chi connectivity index (χ1) is 25.6. The van der Waals surface area contributed by atoms with Gasteiger partial charge in [-0.05, 0) is 55.0 Å². The molecule has 12 atom stereocenters. The molecule has 4 fully saturated rings. The van der Waals surface area contributed by atoms with Gasteiger partial charge in [-0.3, -0.25) is 9.59 Å². The summed E-state index contributed by atoms with van der Waals surface area (Å²) in [5.41, 5.74) is 1.32. The lowest BCUT2D eigenvalue weighted by molar-refractivity contribution is -0.262. The summed E-state index contributed by atoms with van der Waals surface area (Å²) in [6, 6.07) is 11.4. The number of benzene rings is 1. The number of carbonyl (C=O) groups is 4. The van der Waals surface area contributed by atoms with E-state index in [0.717, 1.165) is 22.3 Å². The van der Waals surface area contributed by atoms with Crippen LogP contribution in [-0.2, 0) is 47.6 Å². The second-order valence-electron chi connectivity index (χ2n) is 16.4. The second-order valence-corrected chi connectivity index (χ2v) is 16.4. The Morgan fingerprint density at radius 2 is 1.61 bits per heavy atom. The third-order valence-corrected chi connectivity index (χ3v) is 13.2. The summed E-state index contributed by atoms with van der Waals surface area (Å²) in [6.07, 6.45) is 2.90. The van der Waals surface area contributed by atoms with Gasteiger partial charge < -0.3 is 32.8 Å². The van der Waals surface area contributed by atoms with Gasteiger partial charge in [0.15, 0.2) is 0 Å². The molecule has 0 N–H and O–H groups in total. The van der Waals surface area contributed by atoms with Gasteiger partial charge in [-0.1, -0.05) is 63.3 Å². The summed E-state index contributed by atoms with van der Waals surface area (Å²) in [6.45, 7) is 16.7. The second kappa shape index (κ2) is 14.0. The Labute approximate surface area is 316 Å². The van der Waals surface area contributed by atoms with Crippen molar-refractivity contribution in [1.29, 1.82) is 0 Å². The fourth-order valence-electron chi connectivity index (χ4n) is 11.1. The van der Waals surface area contributed by atoms with Crippen molar-refractivity contribution >= 4 is 30.0 Å². The van der Waals surface area contributed by atoms with E-state index in [0.29, 0.717) is 6.42 Å². The lowest BCUT2D eigenvalue weighted by Gasteiger charge is -2.66. The van der Waals surface area contributed by atoms with Crippen molar-refractivity contribution < 1.29 is 52.0 Å². The molecule has 0 spiro atoms. The van der Waals surface area contributed by atoms with Gasteiger partial charge in [-0.25, -0.2) is 9.59 Å². The van der Waals surface area contributed by atoms with Crippen molar-refractivity contribution in [3.63, 3.8) is 0 Å². The van der Waals surface area contributed by atoms with Crippen LogP contribution in [0.5, 0.6) is 0 Å². The molecule has 3 aliphatic carbocycles. The minimum Gasteiger partial charge on any atom is -0.472 e. The van der Waals surface area contributed by atoms with Gasteiger partial charge in [0, 0.05) is 66.4 Å². The predicted molar refractivity (Wildman–Crippen MR) is 195 cm³/mol. The third kappa shape index (κ3) is 6.13. The lowest BCUT2D eigenvalue weighted by atomic mass is 9.39. The summed E-state index contributed by atoms with van der Waals surface area (Å²) in [7, 11) is 0. The zero-order chi connectivity index (χ0) is 38.7. The molecule has 1 unspecified atom stereocenters. The minimum absolute atomic E-state index is 0.0938. The fourth-order valence-corrected chi connectivity index (χ4v) is 11.1. The van der Waals surface area contributed by atoms with Gasteiger partial charge in [0.2, 0.25) is 6.29 Å². The number of carbonyl (C=O) groups excluding carboxylic acids is 4. The van der Waals surface area contributed by atoms with Crippen molar-refractivity contribution in [1.82, 2.24) is 0 Å². The summed E-state index contributed by atoms with van der Waals surface area (Å²) in [5.74, 6) is -3.12. The number of hydrogen-bond acceptors (Lipinski definition) is 11. The summed E-state index contributed by atoms with van der Waals surface area (Å²) >= 11 is 0. The number of ether oxygens (including phenoxy) is 6. The molecule has 0 amide bonds. The first-order valence-electron chi connectivity index (χ1n) is 18.7. The fraction of sp³-hybridized carbons (Fsp3) is 0.535. The molecule has 54 heavy (non-hydrogen) atoms. The van der Waals surface area contributed by atoms with E-state index < -0.39 is 88.8 Å². The Morgan fingerprint density at radius 1 is 0.889 bits per heavy atom. The SMILES string of the molecule is C=C(C)C(=O)O[C@H]1C[C@@H](OC(C)=O)[C@@]2(C)CO[C@H]3[C@@H](OC(=O)/C=C/c4ccccc4)[C@@]4(C)C5=C(C)[C@@H](c6ccoc6)C[C@@H]5OC(OC(C)=O)C[C@@H]4[C@]1(C)[C@@H]32. The quantitative estimate of drug-likeness (QED) is 0.121. The molecule has 7 rings (SSSR count). The van der Waals surface area contributed by atoms with Crippen molar-refractivity contribution in [2.24, 2.45) is 28.1 Å². The number of esters is 4. The van der Waals surface area contributed by atoms with Gasteiger partial charge in [0.1, 0.15) is 18.3 Å². The van der Waals surface area contributed by atoms with E-state index in [4.69, 9.17) is 32.8 Å². The monoisotopic (exact) mass is 742 g/mol. The van der Waals surface area contributed by atoms with E-state index in [-0.39, 0.29) is 30.9 Å². The van der Waals surface area contributed by atoms with Crippen LogP contribution in [-0.4, -0.2) is 67.3 Å². The maximum atomic E-state index is 14.1. The van der Waals surface area contributed by atoms with Crippen molar-refractivity contribution in [2.45, 2.75) is 110 Å². The van der Waals surface area contributed by atoms with Crippen LogP contribution in [0.4, 0.5) is 0 Å². The molecule has 0 bridgehead atoms. The number of fused-ring (bicyclic) bond motifs is 4. The van der Waals surface area contributed by atoms with Crippen LogP contribution in [0, 0.1) is 28.1 Å². The van der Waals surface area contributed by atoms with Crippen LogP contribution in [0.3, 0.4) is 0 Å². The highest BCUT2D eigenvalue weighted by Gasteiger charge is 2.78. The molecule has 11 nitrogen and oxygen atoms in total. The van der Waals surface area contributed by atoms with E-state index >= 15 is 0 Å². The average Bonchev–Trinajstić information content (AvgIpc) is 3.83. The Kier molecular flexibility index (Phi) is 9.79. The van der Waals surface area contributed by atoms with Crippen LogP contribution >= 0.6 is 0 Å². The Bertz CT molecular complexity index is 1880. The molecule has 11 heteroatoms. The van der Waals surface area contributed by atoms with Crippen LogP contribution in [0.15, 0.2) is 82.7 Å². The molecular formula is C43H50O11. The van der Waals surface area contributed by atoms with Gasteiger partial charge in [0.05, 0.1) is 31.3 Å².